The largest absolute Gasteiger partial charge is 0.329 e. The highest BCUT2D eigenvalue weighted by molar-refractivity contribution is 5.85. The van der Waals surface area contributed by atoms with E-state index in [-0.39, 0.29) is 12.4 Å². The van der Waals surface area contributed by atoms with E-state index in [9.17, 15) is 0 Å². The first-order valence-corrected chi connectivity index (χ1v) is 7.24. The smallest absolute Gasteiger partial charge is 0.105 e. The van der Waals surface area contributed by atoms with Gasteiger partial charge < -0.3 is 9.13 Å². The highest BCUT2D eigenvalue weighted by atomic mass is 35.5. The predicted molar refractivity (Wildman–Crippen MR) is 91.0 cm³/mol. The Balaban J connectivity index is 0.00000176. The van der Waals surface area contributed by atoms with Crippen LogP contribution in [-0.4, -0.2) is 19.1 Å². The summed E-state index contributed by atoms with van der Waals surface area (Å²) in [4.78, 5) is 8.73. The lowest BCUT2D eigenvalue weighted by molar-refractivity contribution is 0.746. The lowest BCUT2D eigenvalue weighted by atomic mass is 10.0. The van der Waals surface area contributed by atoms with Crippen molar-refractivity contribution in [3.05, 3.63) is 66.3 Å². The van der Waals surface area contributed by atoms with Gasteiger partial charge in [-0.3, -0.25) is 0 Å². The number of hydrogen-bond acceptors (Lipinski definition) is 2. The summed E-state index contributed by atoms with van der Waals surface area (Å²) in [6.45, 7) is 7.17. The van der Waals surface area contributed by atoms with Crippen LogP contribution in [0, 0.1) is 6.92 Å². The van der Waals surface area contributed by atoms with Crippen LogP contribution in [-0.2, 0) is 6.54 Å². The van der Waals surface area contributed by atoms with Crippen molar-refractivity contribution >= 4 is 12.4 Å². The second-order valence-electron chi connectivity index (χ2n) is 5.62. The van der Waals surface area contributed by atoms with E-state index in [2.05, 4.69) is 63.4 Å². The average Bonchev–Trinajstić information content (AvgIpc) is 3.10. The predicted octanol–water partition coefficient (Wildman–Crippen LogP) is 3.97. The van der Waals surface area contributed by atoms with Crippen molar-refractivity contribution < 1.29 is 0 Å². The van der Waals surface area contributed by atoms with E-state index in [1.807, 2.05) is 25.6 Å². The molecule has 0 amide bonds. The number of hydrogen-bond donors (Lipinski definition) is 0. The van der Waals surface area contributed by atoms with Crippen molar-refractivity contribution in [1.29, 1.82) is 0 Å². The van der Waals surface area contributed by atoms with Gasteiger partial charge in [-0.05, 0) is 30.5 Å². The summed E-state index contributed by atoms with van der Waals surface area (Å²) in [5.41, 5.74) is 3.53. The second kappa shape index (κ2) is 6.79. The topological polar surface area (TPSA) is 35.6 Å². The fourth-order valence-corrected chi connectivity index (χ4v) is 2.38. The number of nitrogens with zero attached hydrogens (tertiary/aromatic N) is 4. The molecule has 5 heteroatoms. The molecule has 0 aliphatic carbocycles. The molecule has 0 saturated carbocycles. The van der Waals surface area contributed by atoms with Gasteiger partial charge in [0.1, 0.15) is 5.82 Å². The normalized spacial score (nSPS) is 10.7. The number of aryl methyl sites for hydroxylation is 1. The standard InChI is InChI=1S/C17H20N4.ClH/c1-13(2)15-5-4-6-17(9-15)21-11-16(19-12-21)10-20-8-7-18-14(20)3;/h4-9,11-13H,10H2,1-3H3;1H. The Morgan fingerprint density at radius 3 is 2.68 bits per heavy atom. The molecule has 0 atom stereocenters. The molecule has 3 aromatic rings. The van der Waals surface area contributed by atoms with Crippen molar-refractivity contribution in [1.82, 2.24) is 19.1 Å². The summed E-state index contributed by atoms with van der Waals surface area (Å²) in [5, 5.41) is 0. The molecule has 1 aromatic carbocycles. The highest BCUT2D eigenvalue weighted by Crippen LogP contribution is 2.18. The minimum atomic E-state index is 0. The van der Waals surface area contributed by atoms with Gasteiger partial charge in [0.15, 0.2) is 0 Å². The van der Waals surface area contributed by atoms with Gasteiger partial charge in [-0.15, -0.1) is 12.4 Å². The van der Waals surface area contributed by atoms with Crippen LogP contribution >= 0.6 is 12.4 Å². The SMILES string of the molecule is Cc1nccn1Cc1cn(-c2cccc(C(C)C)c2)cn1.Cl. The summed E-state index contributed by atoms with van der Waals surface area (Å²) in [6.07, 6.45) is 7.76. The minimum Gasteiger partial charge on any atom is -0.329 e. The van der Waals surface area contributed by atoms with Crippen LogP contribution in [0.3, 0.4) is 0 Å². The summed E-state index contributed by atoms with van der Waals surface area (Å²) >= 11 is 0. The molecule has 0 unspecified atom stereocenters. The van der Waals surface area contributed by atoms with Gasteiger partial charge in [0.25, 0.3) is 0 Å². The van der Waals surface area contributed by atoms with Crippen LogP contribution in [0.2, 0.25) is 0 Å². The van der Waals surface area contributed by atoms with Crippen LogP contribution in [0.1, 0.15) is 36.8 Å². The number of imidazole rings is 2. The van der Waals surface area contributed by atoms with E-state index >= 15 is 0 Å². The first-order chi connectivity index (χ1) is 10.1. The van der Waals surface area contributed by atoms with Gasteiger partial charge >= 0.3 is 0 Å². The van der Waals surface area contributed by atoms with Crippen LogP contribution in [0.5, 0.6) is 0 Å². The van der Waals surface area contributed by atoms with Gasteiger partial charge in [0.05, 0.1) is 18.6 Å². The Kier molecular flexibility index (Phi) is 5.03. The average molecular weight is 317 g/mol. The van der Waals surface area contributed by atoms with Crippen molar-refractivity contribution in [3.8, 4) is 5.69 Å². The maximum atomic E-state index is 4.50. The third kappa shape index (κ3) is 3.39. The van der Waals surface area contributed by atoms with E-state index in [0.29, 0.717) is 5.92 Å². The zero-order valence-corrected chi connectivity index (χ0v) is 13.9. The number of aromatic nitrogens is 4. The summed E-state index contributed by atoms with van der Waals surface area (Å²) in [5.74, 6) is 1.54. The Morgan fingerprint density at radius 2 is 2.00 bits per heavy atom. The number of rotatable bonds is 4. The molecule has 3 rings (SSSR count). The van der Waals surface area contributed by atoms with E-state index in [0.717, 1.165) is 23.8 Å². The molecule has 22 heavy (non-hydrogen) atoms. The third-order valence-corrected chi connectivity index (χ3v) is 3.73. The molecule has 2 aromatic heterocycles. The highest BCUT2D eigenvalue weighted by Gasteiger charge is 2.05. The molecule has 0 aliphatic rings. The van der Waals surface area contributed by atoms with Crippen molar-refractivity contribution in [2.45, 2.75) is 33.2 Å². The number of benzene rings is 1. The van der Waals surface area contributed by atoms with Crippen LogP contribution < -0.4 is 0 Å². The molecule has 116 valence electrons. The summed E-state index contributed by atoms with van der Waals surface area (Å²) in [7, 11) is 0. The van der Waals surface area contributed by atoms with E-state index in [1.165, 1.54) is 5.56 Å². The van der Waals surface area contributed by atoms with E-state index < -0.39 is 0 Å². The molecular weight excluding hydrogens is 296 g/mol. The van der Waals surface area contributed by atoms with E-state index in [4.69, 9.17) is 0 Å². The van der Waals surface area contributed by atoms with Gasteiger partial charge in [-0.2, -0.15) is 0 Å². The lowest BCUT2D eigenvalue weighted by Gasteiger charge is -2.08. The Hall–Kier alpha value is -2.07. The molecule has 0 saturated heterocycles. The minimum absolute atomic E-state index is 0. The Labute approximate surface area is 137 Å². The molecule has 0 N–H and O–H groups in total. The van der Waals surface area contributed by atoms with Gasteiger partial charge in [0.2, 0.25) is 0 Å². The van der Waals surface area contributed by atoms with Gasteiger partial charge in [-0.1, -0.05) is 26.0 Å². The van der Waals surface area contributed by atoms with Crippen LogP contribution in [0.15, 0.2) is 49.2 Å². The van der Waals surface area contributed by atoms with Gasteiger partial charge in [0, 0.05) is 24.3 Å². The van der Waals surface area contributed by atoms with E-state index in [1.54, 1.807) is 0 Å². The number of halogens is 1. The maximum absolute atomic E-state index is 4.50. The maximum Gasteiger partial charge on any atom is 0.105 e. The molecule has 0 bridgehead atoms. The Bertz CT molecular complexity index is 742. The van der Waals surface area contributed by atoms with Gasteiger partial charge in [-0.25, -0.2) is 9.97 Å². The molecule has 0 aliphatic heterocycles. The molecule has 0 fully saturated rings. The summed E-state index contributed by atoms with van der Waals surface area (Å²) < 4.78 is 4.17. The van der Waals surface area contributed by atoms with Crippen molar-refractivity contribution in [3.63, 3.8) is 0 Å². The fraction of sp³-hybridized carbons (Fsp3) is 0.294. The van der Waals surface area contributed by atoms with Crippen molar-refractivity contribution in [2.75, 3.05) is 0 Å². The lowest BCUT2D eigenvalue weighted by Crippen LogP contribution is -2.01. The molecular formula is C17H21ClN4. The third-order valence-electron chi connectivity index (χ3n) is 3.73. The fourth-order valence-electron chi connectivity index (χ4n) is 2.38. The Morgan fingerprint density at radius 1 is 1.18 bits per heavy atom. The summed E-state index contributed by atoms with van der Waals surface area (Å²) in [6, 6.07) is 8.60. The first kappa shape index (κ1) is 16.3. The van der Waals surface area contributed by atoms with Crippen LogP contribution in [0.25, 0.3) is 5.69 Å². The molecule has 4 nitrogen and oxygen atoms in total. The van der Waals surface area contributed by atoms with Crippen molar-refractivity contribution in [2.24, 2.45) is 0 Å². The quantitative estimate of drug-likeness (QED) is 0.730. The second-order valence-corrected chi connectivity index (χ2v) is 5.62. The monoisotopic (exact) mass is 316 g/mol. The molecule has 0 radical (unpaired) electrons. The van der Waals surface area contributed by atoms with Crippen LogP contribution in [0.4, 0.5) is 0 Å². The molecule has 2 heterocycles. The zero-order valence-electron chi connectivity index (χ0n) is 13.1. The zero-order chi connectivity index (χ0) is 14.8. The molecule has 0 spiro atoms. The first-order valence-electron chi connectivity index (χ1n) is 7.24.